The van der Waals surface area contributed by atoms with Crippen LogP contribution in [0.25, 0.3) is 0 Å². The molecule has 0 saturated heterocycles. The molecule has 0 bridgehead atoms. The molecular formula is C22H26N2O6. The van der Waals surface area contributed by atoms with E-state index in [0.717, 1.165) is 16.7 Å². The van der Waals surface area contributed by atoms with Crippen LogP contribution in [0.1, 0.15) is 23.1 Å². The lowest BCUT2D eigenvalue weighted by atomic mass is 10.0. The quantitative estimate of drug-likeness (QED) is 0.470. The molecule has 2 aromatic carbocycles. The van der Waals surface area contributed by atoms with Gasteiger partial charge in [0.15, 0.2) is 0 Å². The van der Waals surface area contributed by atoms with Crippen LogP contribution < -0.4 is 10.6 Å². The van der Waals surface area contributed by atoms with Crippen LogP contribution >= 0.6 is 0 Å². The number of aliphatic hydroxyl groups excluding tert-OH is 1. The topological polar surface area (TPSA) is 125 Å². The van der Waals surface area contributed by atoms with Gasteiger partial charge in [0.25, 0.3) is 0 Å². The summed E-state index contributed by atoms with van der Waals surface area (Å²) in [5.41, 5.74) is 2.64. The Morgan fingerprint density at radius 2 is 1.67 bits per heavy atom. The van der Waals surface area contributed by atoms with E-state index >= 15 is 0 Å². The molecule has 2 amide bonds. The molecule has 2 atom stereocenters. The summed E-state index contributed by atoms with van der Waals surface area (Å²) >= 11 is 0. The van der Waals surface area contributed by atoms with Crippen molar-refractivity contribution < 1.29 is 29.3 Å². The van der Waals surface area contributed by atoms with Crippen molar-refractivity contribution in [3.63, 3.8) is 0 Å². The van der Waals surface area contributed by atoms with E-state index in [1.54, 1.807) is 12.1 Å². The lowest BCUT2D eigenvalue weighted by molar-refractivity contribution is -0.142. The van der Waals surface area contributed by atoms with Gasteiger partial charge >= 0.3 is 12.1 Å². The Balaban J connectivity index is 1.73. The van der Waals surface area contributed by atoms with Gasteiger partial charge in [-0.1, -0.05) is 60.2 Å². The Labute approximate surface area is 174 Å². The van der Waals surface area contributed by atoms with E-state index in [2.05, 4.69) is 10.6 Å². The van der Waals surface area contributed by atoms with Gasteiger partial charge in [0.05, 0.1) is 12.5 Å². The van der Waals surface area contributed by atoms with Gasteiger partial charge < -0.3 is 25.6 Å². The second-order valence-corrected chi connectivity index (χ2v) is 6.95. The summed E-state index contributed by atoms with van der Waals surface area (Å²) < 4.78 is 5.01. The maximum atomic E-state index is 12.1. The number of hydrogen-bond donors (Lipinski definition) is 4. The summed E-state index contributed by atoms with van der Waals surface area (Å²) in [6.07, 6.45) is -2.12. The molecule has 4 N–H and O–H groups in total. The van der Waals surface area contributed by atoms with Crippen molar-refractivity contribution in [3.05, 3.63) is 71.3 Å². The monoisotopic (exact) mass is 414 g/mol. The van der Waals surface area contributed by atoms with Crippen LogP contribution in [0.2, 0.25) is 0 Å². The Morgan fingerprint density at radius 1 is 1.00 bits per heavy atom. The minimum absolute atomic E-state index is 0.0859. The highest BCUT2D eigenvalue weighted by Gasteiger charge is 2.22. The van der Waals surface area contributed by atoms with Crippen molar-refractivity contribution in [2.45, 2.75) is 38.5 Å². The molecule has 0 aliphatic rings. The third kappa shape index (κ3) is 8.32. The van der Waals surface area contributed by atoms with Crippen LogP contribution in [-0.4, -0.2) is 46.9 Å². The first kappa shape index (κ1) is 22.9. The number of hydrogen-bond acceptors (Lipinski definition) is 5. The number of carbonyl (C=O) groups excluding carboxylic acids is 2. The fraction of sp³-hybridized carbons (Fsp3) is 0.318. The summed E-state index contributed by atoms with van der Waals surface area (Å²) in [5, 5.41) is 24.1. The number of amides is 2. The van der Waals surface area contributed by atoms with Crippen LogP contribution in [0.15, 0.2) is 54.6 Å². The van der Waals surface area contributed by atoms with Crippen LogP contribution in [0.3, 0.4) is 0 Å². The number of aryl methyl sites for hydroxylation is 1. The fourth-order valence-electron chi connectivity index (χ4n) is 2.67. The molecule has 0 aliphatic carbocycles. The van der Waals surface area contributed by atoms with Crippen molar-refractivity contribution in [2.24, 2.45) is 0 Å². The second-order valence-electron chi connectivity index (χ2n) is 6.95. The van der Waals surface area contributed by atoms with E-state index in [1.165, 1.54) is 0 Å². The lowest BCUT2D eigenvalue weighted by Crippen LogP contribution is -2.44. The van der Waals surface area contributed by atoms with Crippen molar-refractivity contribution >= 4 is 18.0 Å². The largest absolute Gasteiger partial charge is 0.480 e. The number of rotatable bonds is 10. The van der Waals surface area contributed by atoms with Gasteiger partial charge in [-0.05, 0) is 18.1 Å². The molecule has 0 aromatic heterocycles. The number of carboxylic acid groups (broad SMARTS) is 1. The zero-order valence-electron chi connectivity index (χ0n) is 16.7. The molecule has 160 valence electrons. The minimum Gasteiger partial charge on any atom is -0.480 e. The van der Waals surface area contributed by atoms with Gasteiger partial charge in [-0.3, -0.25) is 4.79 Å². The Morgan fingerprint density at radius 3 is 2.30 bits per heavy atom. The van der Waals surface area contributed by atoms with Crippen LogP contribution in [-0.2, 0) is 27.4 Å². The number of aliphatic hydroxyl groups is 1. The average molecular weight is 414 g/mol. The molecule has 8 nitrogen and oxygen atoms in total. The van der Waals surface area contributed by atoms with Crippen molar-refractivity contribution in [2.75, 3.05) is 6.54 Å². The number of carbonyl (C=O) groups is 3. The standard InChI is InChI=1S/C22H26N2O6/c1-15-7-9-16(10-8-15)11-19(21(27)28)24-20(26)12-18(25)13-23-22(29)30-14-17-5-3-2-4-6-17/h2-10,18-19,25H,11-14H2,1H3,(H,23,29)(H,24,26)(H,27,28)/t18-,19+/m0/s1. The zero-order valence-corrected chi connectivity index (χ0v) is 16.7. The summed E-state index contributed by atoms with van der Waals surface area (Å²) in [6.45, 7) is 1.81. The van der Waals surface area contributed by atoms with Crippen LogP contribution in [0.4, 0.5) is 4.79 Å². The highest BCUT2D eigenvalue weighted by Crippen LogP contribution is 2.07. The Bertz CT molecular complexity index is 838. The SMILES string of the molecule is Cc1ccc(C[C@@H](NC(=O)C[C@H](O)CNC(=O)OCc2ccccc2)C(=O)O)cc1. The van der Waals surface area contributed by atoms with E-state index in [4.69, 9.17) is 4.74 Å². The molecule has 0 aliphatic heterocycles. The zero-order chi connectivity index (χ0) is 21.9. The Hall–Kier alpha value is -3.39. The van der Waals surface area contributed by atoms with Crippen LogP contribution in [0.5, 0.6) is 0 Å². The summed E-state index contributed by atoms with van der Waals surface area (Å²) in [6, 6.07) is 15.3. The molecule has 0 unspecified atom stereocenters. The summed E-state index contributed by atoms with van der Waals surface area (Å²) in [5.74, 6) is -1.79. The average Bonchev–Trinajstić information content (AvgIpc) is 2.72. The van der Waals surface area contributed by atoms with Gasteiger partial charge in [0, 0.05) is 13.0 Å². The first-order valence-corrected chi connectivity index (χ1v) is 9.54. The van der Waals surface area contributed by atoms with E-state index < -0.39 is 30.1 Å². The number of aliphatic carboxylic acids is 1. The highest BCUT2D eigenvalue weighted by atomic mass is 16.5. The number of nitrogens with one attached hydrogen (secondary N) is 2. The number of carboxylic acids is 1. The van der Waals surface area contributed by atoms with Gasteiger partial charge in [0.1, 0.15) is 12.6 Å². The smallest absolute Gasteiger partial charge is 0.407 e. The van der Waals surface area contributed by atoms with Crippen LogP contribution in [0, 0.1) is 6.92 Å². The summed E-state index contributed by atoms with van der Waals surface area (Å²) in [7, 11) is 0. The fourth-order valence-corrected chi connectivity index (χ4v) is 2.67. The van der Waals surface area contributed by atoms with Gasteiger partial charge in [0.2, 0.25) is 5.91 Å². The number of ether oxygens (including phenoxy) is 1. The number of alkyl carbamates (subject to hydrolysis) is 1. The van der Waals surface area contributed by atoms with Crippen molar-refractivity contribution in [3.8, 4) is 0 Å². The number of benzene rings is 2. The maximum absolute atomic E-state index is 12.1. The first-order valence-electron chi connectivity index (χ1n) is 9.54. The molecule has 2 aromatic rings. The Kier molecular flexibility index (Phi) is 8.83. The van der Waals surface area contributed by atoms with E-state index in [1.807, 2.05) is 49.4 Å². The lowest BCUT2D eigenvalue weighted by Gasteiger charge is -2.17. The molecular weight excluding hydrogens is 388 g/mol. The predicted octanol–water partition coefficient (Wildman–Crippen LogP) is 1.78. The molecule has 0 saturated carbocycles. The van der Waals surface area contributed by atoms with Gasteiger partial charge in [-0.15, -0.1) is 0 Å². The molecule has 0 spiro atoms. The first-order chi connectivity index (χ1) is 14.3. The van der Waals surface area contributed by atoms with E-state index in [9.17, 15) is 24.6 Å². The molecule has 0 fully saturated rings. The molecule has 30 heavy (non-hydrogen) atoms. The summed E-state index contributed by atoms with van der Waals surface area (Å²) in [4.78, 5) is 35.2. The van der Waals surface area contributed by atoms with E-state index in [0.29, 0.717) is 0 Å². The van der Waals surface area contributed by atoms with Gasteiger partial charge in [-0.25, -0.2) is 9.59 Å². The molecule has 8 heteroatoms. The minimum atomic E-state index is -1.18. The third-order valence-electron chi connectivity index (χ3n) is 4.31. The van der Waals surface area contributed by atoms with E-state index in [-0.39, 0.29) is 26.0 Å². The highest BCUT2D eigenvalue weighted by molar-refractivity contribution is 5.84. The van der Waals surface area contributed by atoms with Gasteiger partial charge in [-0.2, -0.15) is 0 Å². The normalized spacial score (nSPS) is 12.5. The second kappa shape index (κ2) is 11.6. The molecule has 0 radical (unpaired) electrons. The maximum Gasteiger partial charge on any atom is 0.407 e. The molecule has 2 rings (SSSR count). The van der Waals surface area contributed by atoms with Crippen molar-refractivity contribution in [1.29, 1.82) is 0 Å². The predicted molar refractivity (Wildman–Crippen MR) is 110 cm³/mol. The van der Waals surface area contributed by atoms with Crippen molar-refractivity contribution in [1.82, 2.24) is 10.6 Å². The third-order valence-corrected chi connectivity index (χ3v) is 4.31. The molecule has 0 heterocycles.